The van der Waals surface area contributed by atoms with Gasteiger partial charge in [0.2, 0.25) is 0 Å². The van der Waals surface area contributed by atoms with Gasteiger partial charge in [0.25, 0.3) is 0 Å². The number of carbonyl (C=O) groups is 1. The van der Waals surface area contributed by atoms with Gasteiger partial charge >= 0.3 is 6.03 Å². The summed E-state index contributed by atoms with van der Waals surface area (Å²) < 4.78 is 5.93. The molecular formula is C18H27N3O2S. The van der Waals surface area contributed by atoms with Crippen LogP contribution in [0.1, 0.15) is 69.4 Å². The highest BCUT2D eigenvalue weighted by molar-refractivity contribution is 7.15. The SMILES string of the molecule is CC1(C)CCCc2sc(NC(=O)NC3CCOC4(CCC4)C3)nc21. The van der Waals surface area contributed by atoms with Crippen molar-refractivity contribution in [3.05, 3.63) is 10.6 Å². The Morgan fingerprint density at radius 3 is 2.83 bits per heavy atom. The first-order valence-electron chi connectivity index (χ1n) is 9.18. The van der Waals surface area contributed by atoms with Gasteiger partial charge in [-0.1, -0.05) is 13.8 Å². The minimum atomic E-state index is -0.125. The van der Waals surface area contributed by atoms with Crippen LogP contribution >= 0.6 is 11.3 Å². The lowest BCUT2D eigenvalue weighted by atomic mass is 9.74. The normalized spacial score (nSPS) is 27.2. The summed E-state index contributed by atoms with van der Waals surface area (Å²) in [5.41, 5.74) is 1.35. The highest BCUT2D eigenvalue weighted by atomic mass is 32.1. The van der Waals surface area contributed by atoms with E-state index in [1.807, 2.05) is 0 Å². The fourth-order valence-electron chi connectivity index (χ4n) is 4.30. The van der Waals surface area contributed by atoms with E-state index in [0.29, 0.717) is 0 Å². The van der Waals surface area contributed by atoms with Crippen LogP contribution < -0.4 is 10.6 Å². The van der Waals surface area contributed by atoms with Crippen molar-refractivity contribution in [2.45, 2.75) is 82.3 Å². The molecule has 132 valence electrons. The van der Waals surface area contributed by atoms with Crippen LogP contribution in [0.25, 0.3) is 0 Å². The zero-order valence-corrected chi connectivity index (χ0v) is 15.4. The predicted octanol–water partition coefficient (Wildman–Crippen LogP) is 3.98. The third-order valence-electron chi connectivity index (χ3n) is 5.86. The number of anilines is 1. The van der Waals surface area contributed by atoms with E-state index in [9.17, 15) is 4.79 Å². The van der Waals surface area contributed by atoms with Gasteiger partial charge in [-0.05, 0) is 51.4 Å². The lowest BCUT2D eigenvalue weighted by Crippen LogP contribution is -2.52. The summed E-state index contributed by atoms with van der Waals surface area (Å²) in [5, 5.41) is 6.83. The second kappa shape index (κ2) is 5.99. The number of aryl methyl sites for hydroxylation is 1. The monoisotopic (exact) mass is 349 g/mol. The number of ether oxygens (including phenoxy) is 1. The molecule has 2 N–H and O–H groups in total. The lowest BCUT2D eigenvalue weighted by Gasteiger charge is -2.47. The summed E-state index contributed by atoms with van der Waals surface area (Å²) in [4.78, 5) is 18.4. The van der Waals surface area contributed by atoms with E-state index in [4.69, 9.17) is 9.72 Å². The molecule has 0 aromatic carbocycles. The van der Waals surface area contributed by atoms with Crippen molar-refractivity contribution in [1.29, 1.82) is 0 Å². The van der Waals surface area contributed by atoms with Crippen LogP contribution in [-0.4, -0.2) is 29.3 Å². The maximum atomic E-state index is 12.4. The zero-order valence-electron chi connectivity index (χ0n) is 14.6. The Morgan fingerprint density at radius 2 is 2.12 bits per heavy atom. The molecule has 1 spiro atoms. The number of fused-ring (bicyclic) bond motifs is 1. The fourth-order valence-corrected chi connectivity index (χ4v) is 5.48. The number of amides is 2. The van der Waals surface area contributed by atoms with E-state index in [1.54, 1.807) is 11.3 Å². The molecule has 2 fully saturated rings. The number of nitrogens with one attached hydrogen (secondary N) is 2. The van der Waals surface area contributed by atoms with E-state index >= 15 is 0 Å². The summed E-state index contributed by atoms with van der Waals surface area (Å²) in [5.74, 6) is 0. The molecule has 1 aromatic rings. The Kier molecular flexibility index (Phi) is 4.07. The van der Waals surface area contributed by atoms with Crippen LogP contribution in [0.3, 0.4) is 0 Å². The third-order valence-corrected chi connectivity index (χ3v) is 6.89. The summed E-state index contributed by atoms with van der Waals surface area (Å²) in [6, 6.07) is 0.0883. The second-order valence-corrected chi connectivity index (χ2v) is 9.29. The minimum absolute atomic E-state index is 0.0560. The molecule has 2 aliphatic carbocycles. The minimum Gasteiger partial charge on any atom is -0.375 e. The van der Waals surface area contributed by atoms with E-state index in [2.05, 4.69) is 24.5 Å². The van der Waals surface area contributed by atoms with Crippen LogP contribution in [0.2, 0.25) is 0 Å². The van der Waals surface area contributed by atoms with Gasteiger partial charge in [-0.15, -0.1) is 11.3 Å². The molecule has 2 heterocycles. The first-order chi connectivity index (χ1) is 11.5. The first-order valence-corrected chi connectivity index (χ1v) is 9.99. The second-order valence-electron chi connectivity index (χ2n) is 8.20. The topological polar surface area (TPSA) is 63.2 Å². The van der Waals surface area contributed by atoms with Gasteiger partial charge in [0.15, 0.2) is 5.13 Å². The van der Waals surface area contributed by atoms with Crippen LogP contribution in [0.4, 0.5) is 9.93 Å². The van der Waals surface area contributed by atoms with E-state index < -0.39 is 0 Å². The highest BCUT2D eigenvalue weighted by Crippen LogP contribution is 2.42. The average molecular weight is 350 g/mol. The highest BCUT2D eigenvalue weighted by Gasteiger charge is 2.43. The predicted molar refractivity (Wildman–Crippen MR) is 95.8 cm³/mol. The Hall–Kier alpha value is -1.14. The Labute approximate surface area is 147 Å². The van der Waals surface area contributed by atoms with Crippen molar-refractivity contribution in [1.82, 2.24) is 10.3 Å². The number of carbonyl (C=O) groups excluding carboxylic acids is 1. The number of aromatic nitrogens is 1. The van der Waals surface area contributed by atoms with Crippen LogP contribution in [0, 0.1) is 0 Å². The Morgan fingerprint density at radius 1 is 1.29 bits per heavy atom. The summed E-state index contributed by atoms with van der Waals surface area (Å²) in [6.45, 7) is 5.24. The molecule has 0 radical (unpaired) electrons. The van der Waals surface area contributed by atoms with Crippen molar-refractivity contribution < 1.29 is 9.53 Å². The number of thiazole rings is 1. The van der Waals surface area contributed by atoms with Crippen molar-refractivity contribution in [2.24, 2.45) is 0 Å². The fraction of sp³-hybridized carbons (Fsp3) is 0.778. The molecule has 24 heavy (non-hydrogen) atoms. The van der Waals surface area contributed by atoms with Gasteiger partial charge in [-0.2, -0.15) is 0 Å². The molecule has 6 heteroatoms. The van der Waals surface area contributed by atoms with Crippen molar-refractivity contribution in [2.75, 3.05) is 11.9 Å². The number of hydrogen-bond acceptors (Lipinski definition) is 4. The van der Waals surface area contributed by atoms with Crippen molar-refractivity contribution >= 4 is 22.5 Å². The summed E-state index contributed by atoms with van der Waals surface area (Å²) in [6.07, 6.45) is 8.83. The molecule has 1 atom stereocenters. The molecule has 1 saturated heterocycles. The maximum Gasteiger partial charge on any atom is 0.321 e. The molecule has 1 saturated carbocycles. The first kappa shape index (κ1) is 16.3. The molecule has 5 nitrogen and oxygen atoms in total. The molecular weight excluding hydrogens is 322 g/mol. The van der Waals surface area contributed by atoms with Crippen LogP contribution in [0.15, 0.2) is 0 Å². The molecule has 0 bridgehead atoms. The standard InChI is InChI=1S/C18H27N3O2S/c1-17(2)7-3-5-13-14(17)20-16(24-13)21-15(22)19-12-6-10-23-18(11-12)8-4-9-18/h12H,3-11H2,1-2H3,(H2,19,20,21,22). The number of hydrogen-bond donors (Lipinski definition) is 2. The average Bonchev–Trinajstić information content (AvgIpc) is 2.89. The summed E-state index contributed by atoms with van der Waals surface area (Å²) >= 11 is 1.64. The van der Waals surface area contributed by atoms with Crippen molar-refractivity contribution in [3.63, 3.8) is 0 Å². The number of urea groups is 1. The molecule has 4 rings (SSSR count). The van der Waals surface area contributed by atoms with Gasteiger partial charge in [0.05, 0.1) is 11.3 Å². The molecule has 2 amide bonds. The van der Waals surface area contributed by atoms with Gasteiger partial charge < -0.3 is 10.1 Å². The van der Waals surface area contributed by atoms with Crippen LogP contribution in [-0.2, 0) is 16.6 Å². The maximum absolute atomic E-state index is 12.4. The Balaban J connectivity index is 1.37. The van der Waals surface area contributed by atoms with Gasteiger partial charge in [-0.25, -0.2) is 9.78 Å². The molecule has 3 aliphatic rings. The third kappa shape index (κ3) is 3.06. The number of nitrogens with zero attached hydrogens (tertiary/aromatic N) is 1. The zero-order chi connectivity index (χ0) is 16.8. The van der Waals surface area contributed by atoms with Crippen molar-refractivity contribution in [3.8, 4) is 0 Å². The largest absolute Gasteiger partial charge is 0.375 e. The lowest BCUT2D eigenvalue weighted by molar-refractivity contribution is -0.134. The van der Waals surface area contributed by atoms with E-state index in [-0.39, 0.29) is 23.1 Å². The van der Waals surface area contributed by atoms with E-state index in [0.717, 1.165) is 43.8 Å². The van der Waals surface area contributed by atoms with Gasteiger partial charge in [0.1, 0.15) is 0 Å². The van der Waals surface area contributed by atoms with Gasteiger partial charge in [-0.3, -0.25) is 5.32 Å². The van der Waals surface area contributed by atoms with E-state index in [1.165, 1.54) is 29.8 Å². The smallest absolute Gasteiger partial charge is 0.321 e. The quantitative estimate of drug-likeness (QED) is 0.849. The molecule has 1 aromatic heterocycles. The Bertz CT molecular complexity index is 636. The van der Waals surface area contributed by atoms with Gasteiger partial charge in [0, 0.05) is 22.9 Å². The molecule has 1 unspecified atom stereocenters. The summed E-state index contributed by atoms with van der Waals surface area (Å²) in [7, 11) is 0. The number of rotatable bonds is 2. The molecule has 1 aliphatic heterocycles. The van der Waals surface area contributed by atoms with Crippen LogP contribution in [0.5, 0.6) is 0 Å².